The van der Waals surface area contributed by atoms with Gasteiger partial charge in [-0.2, -0.15) is 0 Å². The summed E-state index contributed by atoms with van der Waals surface area (Å²) in [5.74, 6) is 1.51. The molecule has 0 heteroatoms. The van der Waals surface area contributed by atoms with Gasteiger partial charge < -0.3 is 0 Å². The molecule has 0 aromatic heterocycles. The highest BCUT2D eigenvalue weighted by Crippen LogP contribution is 2.55. The van der Waals surface area contributed by atoms with Crippen LogP contribution in [0, 0.1) is 6.92 Å². The Labute approximate surface area is 96.9 Å². The second kappa shape index (κ2) is 3.79. The van der Waals surface area contributed by atoms with Gasteiger partial charge in [-0.15, -0.1) is 0 Å². The van der Waals surface area contributed by atoms with Crippen LogP contribution in [0.25, 0.3) is 0 Å². The van der Waals surface area contributed by atoms with E-state index in [-0.39, 0.29) is 0 Å². The Hall–Kier alpha value is -1.56. The molecular formula is C16H16. The van der Waals surface area contributed by atoms with Crippen LogP contribution in [0.5, 0.6) is 0 Å². The van der Waals surface area contributed by atoms with Gasteiger partial charge in [0, 0.05) is 0 Å². The molecule has 0 spiro atoms. The first-order valence-corrected chi connectivity index (χ1v) is 5.97. The van der Waals surface area contributed by atoms with Crippen molar-refractivity contribution in [1.82, 2.24) is 0 Å². The van der Waals surface area contributed by atoms with Crippen molar-refractivity contribution in [1.29, 1.82) is 0 Å². The molecule has 0 amide bonds. The molecule has 0 saturated heterocycles. The molecule has 3 rings (SSSR count). The van der Waals surface area contributed by atoms with E-state index in [1.165, 1.54) is 23.1 Å². The molecule has 1 aliphatic carbocycles. The maximum atomic E-state index is 2.28. The molecular weight excluding hydrogens is 192 g/mol. The second-order valence-corrected chi connectivity index (χ2v) is 4.72. The summed E-state index contributed by atoms with van der Waals surface area (Å²) in [7, 11) is 0. The van der Waals surface area contributed by atoms with Gasteiger partial charge in [-0.3, -0.25) is 0 Å². The van der Waals surface area contributed by atoms with Crippen LogP contribution in [0.2, 0.25) is 0 Å². The summed E-state index contributed by atoms with van der Waals surface area (Å²) in [6.07, 6.45) is 1.31. The molecule has 0 aliphatic heterocycles. The molecule has 0 nitrogen and oxygen atoms in total. The SMILES string of the molecule is Cc1ccccc1[C@H]1C[C@H]1c1ccccc1. The largest absolute Gasteiger partial charge is 0.0622 e. The van der Waals surface area contributed by atoms with Gasteiger partial charge in [0.15, 0.2) is 0 Å². The van der Waals surface area contributed by atoms with Crippen LogP contribution in [0.15, 0.2) is 54.6 Å². The lowest BCUT2D eigenvalue weighted by Gasteiger charge is -2.04. The standard InChI is InChI=1S/C16H16/c1-12-7-5-6-10-14(12)16-11-15(16)13-8-3-2-4-9-13/h2-10,15-16H,11H2,1H3/t15-,16+/m0/s1. The van der Waals surface area contributed by atoms with Crippen molar-refractivity contribution in [2.75, 3.05) is 0 Å². The molecule has 2 aromatic rings. The maximum Gasteiger partial charge on any atom is -0.00842 e. The predicted molar refractivity (Wildman–Crippen MR) is 67.7 cm³/mol. The first-order valence-electron chi connectivity index (χ1n) is 5.97. The van der Waals surface area contributed by atoms with E-state index in [1.54, 1.807) is 0 Å². The van der Waals surface area contributed by atoms with Gasteiger partial charge in [0.05, 0.1) is 0 Å². The summed E-state index contributed by atoms with van der Waals surface area (Å²) in [5, 5.41) is 0. The molecule has 1 fully saturated rings. The second-order valence-electron chi connectivity index (χ2n) is 4.72. The Balaban J connectivity index is 1.85. The summed E-state index contributed by atoms with van der Waals surface area (Å²) < 4.78 is 0. The van der Waals surface area contributed by atoms with Crippen molar-refractivity contribution in [3.8, 4) is 0 Å². The third-order valence-electron chi connectivity index (χ3n) is 3.61. The Bertz CT molecular complexity index is 484. The van der Waals surface area contributed by atoms with Crippen LogP contribution in [0.1, 0.15) is 34.9 Å². The molecule has 1 saturated carbocycles. The Morgan fingerprint density at radius 3 is 2.25 bits per heavy atom. The normalized spacial score (nSPS) is 23.1. The van der Waals surface area contributed by atoms with Crippen molar-refractivity contribution in [3.63, 3.8) is 0 Å². The molecule has 0 radical (unpaired) electrons. The zero-order valence-electron chi connectivity index (χ0n) is 9.56. The zero-order chi connectivity index (χ0) is 11.0. The highest BCUT2D eigenvalue weighted by Gasteiger charge is 2.39. The van der Waals surface area contributed by atoms with E-state index >= 15 is 0 Å². The summed E-state index contributed by atoms with van der Waals surface area (Å²) >= 11 is 0. The van der Waals surface area contributed by atoms with Crippen LogP contribution in [0.3, 0.4) is 0 Å². The Morgan fingerprint density at radius 1 is 0.812 bits per heavy atom. The number of aryl methyl sites for hydroxylation is 1. The van der Waals surface area contributed by atoms with E-state index in [9.17, 15) is 0 Å². The fourth-order valence-corrected chi connectivity index (χ4v) is 2.61. The average molecular weight is 208 g/mol. The molecule has 16 heavy (non-hydrogen) atoms. The number of hydrogen-bond donors (Lipinski definition) is 0. The van der Waals surface area contributed by atoms with Crippen molar-refractivity contribution < 1.29 is 0 Å². The minimum absolute atomic E-state index is 0.752. The highest BCUT2D eigenvalue weighted by atomic mass is 14.4. The predicted octanol–water partition coefficient (Wildman–Crippen LogP) is 4.27. The van der Waals surface area contributed by atoms with Crippen molar-refractivity contribution in [3.05, 3.63) is 71.3 Å². The molecule has 0 bridgehead atoms. The van der Waals surface area contributed by atoms with Crippen molar-refractivity contribution in [2.45, 2.75) is 25.2 Å². The van der Waals surface area contributed by atoms with Gasteiger partial charge in [-0.05, 0) is 41.9 Å². The lowest BCUT2D eigenvalue weighted by Crippen LogP contribution is -1.87. The van der Waals surface area contributed by atoms with E-state index in [1.807, 2.05) is 0 Å². The number of rotatable bonds is 2. The van der Waals surface area contributed by atoms with E-state index in [0.717, 1.165) is 11.8 Å². The fraction of sp³-hybridized carbons (Fsp3) is 0.250. The van der Waals surface area contributed by atoms with Crippen molar-refractivity contribution >= 4 is 0 Å². The lowest BCUT2D eigenvalue weighted by molar-refractivity contribution is 1.01. The van der Waals surface area contributed by atoms with Gasteiger partial charge in [0.2, 0.25) is 0 Å². The molecule has 1 aliphatic rings. The third-order valence-corrected chi connectivity index (χ3v) is 3.61. The molecule has 0 heterocycles. The van der Waals surface area contributed by atoms with Crippen LogP contribution < -0.4 is 0 Å². The van der Waals surface area contributed by atoms with Crippen LogP contribution in [-0.4, -0.2) is 0 Å². The van der Waals surface area contributed by atoms with Crippen LogP contribution >= 0.6 is 0 Å². The van der Waals surface area contributed by atoms with Gasteiger partial charge in [-0.1, -0.05) is 54.6 Å². The Morgan fingerprint density at radius 2 is 1.50 bits per heavy atom. The highest BCUT2D eigenvalue weighted by molar-refractivity contribution is 5.39. The van der Waals surface area contributed by atoms with Gasteiger partial charge in [-0.25, -0.2) is 0 Å². The van der Waals surface area contributed by atoms with Crippen LogP contribution in [0.4, 0.5) is 0 Å². The van der Waals surface area contributed by atoms with E-state index < -0.39 is 0 Å². The molecule has 2 atom stereocenters. The van der Waals surface area contributed by atoms with Crippen LogP contribution in [-0.2, 0) is 0 Å². The quantitative estimate of drug-likeness (QED) is 0.691. The molecule has 0 unspecified atom stereocenters. The first kappa shape index (κ1) is 9.65. The van der Waals surface area contributed by atoms with Gasteiger partial charge >= 0.3 is 0 Å². The lowest BCUT2D eigenvalue weighted by atomic mass is 10.0. The summed E-state index contributed by atoms with van der Waals surface area (Å²) in [5.41, 5.74) is 4.47. The van der Waals surface area contributed by atoms with E-state index in [0.29, 0.717) is 0 Å². The topological polar surface area (TPSA) is 0 Å². The minimum Gasteiger partial charge on any atom is -0.0622 e. The zero-order valence-corrected chi connectivity index (χ0v) is 9.56. The smallest absolute Gasteiger partial charge is 0.00842 e. The number of hydrogen-bond acceptors (Lipinski definition) is 0. The van der Waals surface area contributed by atoms with Gasteiger partial charge in [0.25, 0.3) is 0 Å². The minimum atomic E-state index is 0.752. The van der Waals surface area contributed by atoms with E-state index in [4.69, 9.17) is 0 Å². The molecule has 80 valence electrons. The molecule has 0 N–H and O–H groups in total. The first-order chi connectivity index (χ1) is 7.86. The maximum absolute atomic E-state index is 2.28. The monoisotopic (exact) mass is 208 g/mol. The summed E-state index contributed by atoms with van der Waals surface area (Å²) in [6, 6.07) is 19.7. The summed E-state index contributed by atoms with van der Waals surface area (Å²) in [4.78, 5) is 0. The Kier molecular flexibility index (Phi) is 2.28. The third kappa shape index (κ3) is 1.65. The van der Waals surface area contributed by atoms with Crippen molar-refractivity contribution in [2.24, 2.45) is 0 Å². The fourth-order valence-electron chi connectivity index (χ4n) is 2.61. The van der Waals surface area contributed by atoms with E-state index in [2.05, 4.69) is 61.5 Å². The average Bonchev–Trinajstić information content (AvgIpc) is 3.11. The molecule has 2 aromatic carbocycles. The van der Waals surface area contributed by atoms with Gasteiger partial charge in [0.1, 0.15) is 0 Å². The summed E-state index contributed by atoms with van der Waals surface area (Å²) in [6.45, 7) is 2.22. The number of benzene rings is 2.